The summed E-state index contributed by atoms with van der Waals surface area (Å²) in [5, 5.41) is 0.267. The van der Waals surface area contributed by atoms with E-state index in [4.69, 9.17) is 66.2 Å². The van der Waals surface area contributed by atoms with Gasteiger partial charge in [-0.3, -0.25) is 9.36 Å². The smallest absolute Gasteiger partial charge is 0.428 e. The van der Waals surface area contributed by atoms with Crippen molar-refractivity contribution in [3.63, 3.8) is 0 Å². The molecule has 2 rings (SSSR count). The molecule has 0 radical (unpaired) electrons. The molecule has 1 N–H and O–H groups in total. The fraction of sp³-hybridized carbons (Fsp3) is 0.278. The Hall–Kier alpha value is 0.480. The van der Waals surface area contributed by atoms with E-state index in [2.05, 4.69) is 43.3 Å². The SMILES string of the molecule is CC(C)OC(=O)[C@H](C)NP(=O)(Cl)Oc1ccc(Cl)cc1.O=P(Cl)(Cl)Cl.O=P(Cl)(Cl)Oc1ccc(Cl)cc1. The standard InChI is InChI=1S/C12H16Cl2NO4P.C6H4Cl3O2P.Cl3OP/c1-8(2)18-12(16)9(3)15-20(14,17)19-11-6-4-10(13)5-7-11;7-5-1-3-6(4-2-5)11-12(8,9)10;1-5(2,3)4/h4-9H,1-3H3,(H,15,17);1-4H;/t9-,20?;;/m0../s1. The van der Waals surface area contributed by atoms with Crippen molar-refractivity contribution in [3.05, 3.63) is 58.6 Å². The van der Waals surface area contributed by atoms with Gasteiger partial charge in [-0.15, -0.1) is 0 Å². The van der Waals surface area contributed by atoms with E-state index in [-0.39, 0.29) is 11.9 Å². The lowest BCUT2D eigenvalue weighted by Gasteiger charge is -2.19. The van der Waals surface area contributed by atoms with Crippen molar-refractivity contribution in [1.82, 2.24) is 5.09 Å². The maximum absolute atomic E-state index is 12.1. The number of hydrogen-bond donors (Lipinski definition) is 1. The third kappa shape index (κ3) is 22.9. The van der Waals surface area contributed by atoms with Gasteiger partial charge in [0.1, 0.15) is 17.5 Å². The first kappa shape index (κ1) is 37.5. The lowest BCUT2D eigenvalue weighted by molar-refractivity contribution is -0.148. The second kappa shape index (κ2) is 17.3. The Morgan fingerprint density at radius 3 is 1.41 bits per heavy atom. The highest BCUT2D eigenvalue weighted by atomic mass is 36.0. The van der Waals surface area contributed by atoms with Crippen LogP contribution in [-0.2, 0) is 23.2 Å². The minimum atomic E-state index is -3.70. The van der Waals surface area contributed by atoms with Crippen LogP contribution >= 0.6 is 109 Å². The Morgan fingerprint density at radius 2 is 1.08 bits per heavy atom. The predicted octanol–water partition coefficient (Wildman–Crippen LogP) is 11.1. The number of halogens is 8. The van der Waals surface area contributed by atoms with Crippen LogP contribution in [0.2, 0.25) is 10.0 Å². The summed E-state index contributed by atoms with van der Waals surface area (Å²) in [4.78, 5) is 11.6. The molecule has 19 heteroatoms. The van der Waals surface area contributed by atoms with Crippen LogP contribution in [0.1, 0.15) is 20.8 Å². The van der Waals surface area contributed by atoms with Gasteiger partial charge < -0.3 is 13.8 Å². The van der Waals surface area contributed by atoms with E-state index in [0.29, 0.717) is 15.8 Å². The number of ether oxygens (including phenoxy) is 1. The Bertz CT molecular complexity index is 1120. The summed E-state index contributed by atoms with van der Waals surface area (Å²) in [5.41, 5.74) is 0. The summed E-state index contributed by atoms with van der Waals surface area (Å²) in [5.74, 6) is 0.0537. The van der Waals surface area contributed by atoms with Crippen LogP contribution in [0.15, 0.2) is 48.5 Å². The van der Waals surface area contributed by atoms with Gasteiger partial charge in [0.25, 0.3) is 0 Å². The first-order valence-corrected chi connectivity index (χ1v) is 20.7. The van der Waals surface area contributed by atoms with E-state index in [1.54, 1.807) is 38.1 Å². The van der Waals surface area contributed by atoms with E-state index in [1.165, 1.54) is 31.2 Å². The zero-order chi connectivity index (χ0) is 29.0. The number of carbonyl (C=O) groups excluding carboxylic acids is 1. The molecule has 2 aromatic carbocycles. The molecule has 0 spiro atoms. The second-order valence-electron chi connectivity index (χ2n) is 6.72. The van der Waals surface area contributed by atoms with Crippen LogP contribution < -0.4 is 14.1 Å². The van der Waals surface area contributed by atoms with Crippen molar-refractivity contribution in [2.45, 2.75) is 32.9 Å². The molecule has 0 aliphatic rings. The van der Waals surface area contributed by atoms with Gasteiger partial charge >= 0.3 is 24.1 Å². The van der Waals surface area contributed by atoms with Gasteiger partial charge in [-0.25, -0.2) is 14.2 Å². The van der Waals surface area contributed by atoms with Gasteiger partial charge in [0.05, 0.1) is 6.10 Å². The van der Waals surface area contributed by atoms with Crippen molar-refractivity contribution in [2.75, 3.05) is 0 Å². The largest absolute Gasteiger partial charge is 0.462 e. The summed E-state index contributed by atoms with van der Waals surface area (Å²) in [6, 6.07) is 11.6. The topological polar surface area (TPSA) is 108 Å². The molecule has 0 aromatic heterocycles. The number of hydrogen-bond acceptors (Lipinski definition) is 7. The maximum Gasteiger partial charge on any atom is 0.428 e. The molecule has 37 heavy (non-hydrogen) atoms. The van der Waals surface area contributed by atoms with Gasteiger partial charge in [-0.1, -0.05) is 23.2 Å². The van der Waals surface area contributed by atoms with Crippen molar-refractivity contribution in [3.8, 4) is 11.5 Å². The Balaban J connectivity index is 0.000000641. The molecule has 0 aliphatic heterocycles. The highest BCUT2D eigenvalue weighted by molar-refractivity contribution is 8.24. The Labute approximate surface area is 253 Å². The second-order valence-corrected chi connectivity index (χ2v) is 21.2. The zero-order valence-corrected chi connectivity index (χ0v) is 27.7. The first-order valence-electron chi connectivity index (χ1n) is 9.53. The number of carbonyl (C=O) groups is 1. The van der Waals surface area contributed by atoms with Crippen LogP contribution in [0.4, 0.5) is 0 Å². The number of esters is 1. The number of rotatable bonds is 8. The summed E-state index contributed by atoms with van der Waals surface area (Å²) in [7, 11) is 0. The van der Waals surface area contributed by atoms with Gasteiger partial charge in [0, 0.05) is 43.8 Å². The highest BCUT2D eigenvalue weighted by Crippen LogP contribution is 2.61. The molecular weight excluding hydrogens is 719 g/mol. The molecule has 0 heterocycles. The predicted molar refractivity (Wildman–Crippen MR) is 156 cm³/mol. The van der Waals surface area contributed by atoms with Gasteiger partial charge in [-0.2, -0.15) is 0 Å². The molecule has 210 valence electrons. The van der Waals surface area contributed by atoms with Crippen LogP contribution in [-0.4, -0.2) is 18.1 Å². The molecule has 0 aliphatic carbocycles. The maximum atomic E-state index is 12.1. The van der Waals surface area contributed by atoms with E-state index in [0.717, 1.165) is 0 Å². The highest BCUT2D eigenvalue weighted by Gasteiger charge is 2.28. The Morgan fingerprint density at radius 1 is 0.730 bits per heavy atom. The molecule has 8 nitrogen and oxygen atoms in total. The monoisotopic (exact) mass is 735 g/mol. The van der Waals surface area contributed by atoms with Crippen molar-refractivity contribution < 1.29 is 32.3 Å². The first-order chi connectivity index (χ1) is 16.7. The van der Waals surface area contributed by atoms with Crippen LogP contribution in [0.25, 0.3) is 0 Å². The fourth-order valence-corrected chi connectivity index (χ4v) is 4.68. The molecule has 2 aromatic rings. The molecule has 2 atom stereocenters. The molecular formula is C18H20Cl8NO7P3. The normalized spacial score (nSPS) is 13.6. The quantitative estimate of drug-likeness (QED) is 0.211. The third-order valence-corrected chi connectivity index (χ3v) is 6.10. The molecule has 0 fully saturated rings. The number of benzene rings is 2. The summed E-state index contributed by atoms with van der Waals surface area (Å²) < 4.78 is 47.1. The van der Waals surface area contributed by atoms with E-state index in [9.17, 15) is 18.5 Å². The van der Waals surface area contributed by atoms with Crippen molar-refractivity contribution in [2.24, 2.45) is 0 Å². The van der Waals surface area contributed by atoms with Crippen molar-refractivity contribution in [1.29, 1.82) is 0 Å². The van der Waals surface area contributed by atoms with E-state index < -0.39 is 30.2 Å². The summed E-state index contributed by atoms with van der Waals surface area (Å²) in [6.45, 7) is 1.22. The average Bonchev–Trinajstić information content (AvgIpc) is 2.69. The molecule has 1 unspecified atom stereocenters. The number of nitrogens with one attached hydrogen (secondary N) is 1. The lowest BCUT2D eigenvalue weighted by atomic mass is 10.3. The van der Waals surface area contributed by atoms with Crippen LogP contribution in [0, 0.1) is 0 Å². The van der Waals surface area contributed by atoms with Gasteiger partial charge in [0.2, 0.25) is 0 Å². The van der Waals surface area contributed by atoms with Gasteiger partial charge in [-0.05, 0) is 103 Å². The third-order valence-electron chi connectivity index (χ3n) is 3.12. The summed E-state index contributed by atoms with van der Waals surface area (Å²) >= 11 is 41.3. The Kier molecular flexibility index (Phi) is 17.6. The molecule has 0 saturated carbocycles. The molecule has 0 bridgehead atoms. The summed E-state index contributed by atoms with van der Waals surface area (Å²) in [6.07, 6.45) is -3.77. The zero-order valence-electron chi connectivity index (χ0n) is 19.0. The fourth-order valence-electron chi connectivity index (χ4n) is 1.89. The van der Waals surface area contributed by atoms with E-state index in [1.807, 2.05) is 0 Å². The van der Waals surface area contributed by atoms with Gasteiger partial charge in [0.15, 0.2) is 0 Å². The lowest BCUT2D eigenvalue weighted by Crippen LogP contribution is -2.34. The van der Waals surface area contributed by atoms with Crippen LogP contribution in [0.5, 0.6) is 11.5 Å². The average molecular weight is 739 g/mol. The minimum Gasteiger partial charge on any atom is -0.462 e. The minimum absolute atomic E-state index is 0.265. The van der Waals surface area contributed by atoms with Crippen molar-refractivity contribution >= 4 is 115 Å². The molecule has 0 saturated heterocycles. The van der Waals surface area contributed by atoms with E-state index >= 15 is 0 Å². The molecule has 0 amide bonds. The van der Waals surface area contributed by atoms with Crippen LogP contribution in [0.3, 0.4) is 0 Å².